The summed E-state index contributed by atoms with van der Waals surface area (Å²) in [6.45, 7) is 9.85. The van der Waals surface area contributed by atoms with Crippen molar-refractivity contribution in [3.63, 3.8) is 0 Å². The number of aryl methyl sites for hydroxylation is 6. The van der Waals surface area contributed by atoms with E-state index in [1.54, 1.807) is 51.8 Å². The van der Waals surface area contributed by atoms with Crippen molar-refractivity contribution in [1.82, 2.24) is 38.7 Å². The van der Waals surface area contributed by atoms with Gasteiger partial charge in [-0.1, -0.05) is 6.92 Å². The number of nitrogens with one attached hydrogen (secondary N) is 2. The molecule has 7 rings (SSSR count). The van der Waals surface area contributed by atoms with E-state index in [2.05, 4.69) is 22.7 Å². The normalized spacial score (nSPS) is 16.1. The van der Waals surface area contributed by atoms with Crippen LogP contribution in [0.2, 0.25) is 0 Å². The number of rotatable bonds is 3. The topological polar surface area (TPSA) is 216 Å². The molecule has 2 aromatic carbocycles. The molecule has 1 unspecified atom stereocenters. The van der Waals surface area contributed by atoms with Crippen molar-refractivity contribution in [3.8, 4) is 0 Å². The molecule has 280 valence electrons. The molecule has 0 bridgehead atoms. The van der Waals surface area contributed by atoms with Crippen LogP contribution >= 0.6 is 0 Å². The van der Waals surface area contributed by atoms with Gasteiger partial charge < -0.3 is 20.6 Å². The van der Waals surface area contributed by atoms with Crippen molar-refractivity contribution < 1.29 is 19.2 Å². The first-order valence-corrected chi connectivity index (χ1v) is 18.2. The molecule has 6 N–H and O–H groups in total. The van der Waals surface area contributed by atoms with E-state index in [-0.39, 0.29) is 17.7 Å². The van der Waals surface area contributed by atoms with Gasteiger partial charge >= 0.3 is 0 Å². The molecule has 0 spiro atoms. The van der Waals surface area contributed by atoms with Crippen LogP contribution in [0.4, 0.5) is 11.9 Å². The van der Waals surface area contributed by atoms with Crippen LogP contribution in [0, 0.1) is 19.8 Å². The third-order valence-corrected chi connectivity index (χ3v) is 10.2. The Morgan fingerprint density at radius 1 is 0.796 bits per heavy atom. The van der Waals surface area contributed by atoms with Crippen molar-refractivity contribution in [2.24, 2.45) is 17.4 Å². The van der Waals surface area contributed by atoms with Gasteiger partial charge in [-0.2, -0.15) is 10.2 Å². The standard InChI is InChI=1S/C38H44N12O4/c1-5-49-32-26(23(4)46-49)11-8-21(2)14-17-50-31(18-22(3)45-50)35(53)43-37-41-27-19-24(33(39)51)9-12-29(27)47(37)15-6-7-16-48-30-13-10-25(34(40)52)20-28(30)42-38(48)44-36(32)54/h9-10,12-13,18-21H,5-8,11,14-17H2,1-4H3,(H2,39,51)(H2,40,52)(H,41,43,53)(H,42,44,54). The first-order chi connectivity index (χ1) is 25.9. The Bertz CT molecular complexity index is 2450. The lowest BCUT2D eigenvalue weighted by Crippen LogP contribution is -2.21. The molecular weight excluding hydrogens is 688 g/mol. The van der Waals surface area contributed by atoms with Gasteiger partial charge in [0.05, 0.1) is 33.5 Å². The summed E-state index contributed by atoms with van der Waals surface area (Å²) in [4.78, 5) is 61.6. The highest BCUT2D eigenvalue weighted by atomic mass is 16.2. The second kappa shape index (κ2) is 14.6. The Kier molecular flexibility index (Phi) is 9.75. The van der Waals surface area contributed by atoms with Gasteiger partial charge in [-0.25, -0.2) is 9.97 Å². The fraction of sp³-hybridized carbons (Fsp3) is 0.368. The molecule has 0 fully saturated rings. The minimum Gasteiger partial charge on any atom is -0.366 e. The number of nitrogens with two attached hydrogens (primary N) is 2. The van der Waals surface area contributed by atoms with Crippen LogP contribution in [-0.2, 0) is 32.6 Å². The number of carbonyl (C=O) groups excluding carboxylic acids is 4. The summed E-state index contributed by atoms with van der Waals surface area (Å²) < 4.78 is 7.31. The van der Waals surface area contributed by atoms with Crippen molar-refractivity contribution in [2.45, 2.75) is 86.0 Å². The zero-order chi connectivity index (χ0) is 38.3. The van der Waals surface area contributed by atoms with E-state index in [0.717, 1.165) is 40.8 Å². The molecule has 0 saturated carbocycles. The molecule has 16 heteroatoms. The van der Waals surface area contributed by atoms with Crippen LogP contribution in [0.25, 0.3) is 22.1 Å². The van der Waals surface area contributed by atoms with E-state index in [4.69, 9.17) is 26.5 Å². The van der Waals surface area contributed by atoms with Crippen LogP contribution in [0.15, 0.2) is 42.5 Å². The number of hydrogen-bond donors (Lipinski definition) is 4. The molecule has 0 saturated heterocycles. The number of primary amides is 2. The molecule has 6 aromatic rings. The van der Waals surface area contributed by atoms with Crippen molar-refractivity contribution in [3.05, 3.63) is 81.9 Å². The Hall–Kier alpha value is -6.32. The zero-order valence-electron chi connectivity index (χ0n) is 30.8. The summed E-state index contributed by atoms with van der Waals surface area (Å²) in [7, 11) is 0. The molecule has 1 aliphatic rings. The number of nitrogens with zero attached hydrogens (tertiary/aromatic N) is 8. The number of anilines is 2. The average Bonchev–Trinajstić information content (AvgIpc) is 3.88. The molecule has 1 atom stereocenters. The Balaban J connectivity index is 1.29. The average molecular weight is 733 g/mol. The second-order valence-corrected chi connectivity index (χ2v) is 14.0. The Morgan fingerprint density at radius 2 is 1.37 bits per heavy atom. The lowest BCUT2D eigenvalue weighted by atomic mass is 9.97. The third kappa shape index (κ3) is 6.93. The maximum absolute atomic E-state index is 14.2. The highest BCUT2D eigenvalue weighted by Gasteiger charge is 2.25. The van der Waals surface area contributed by atoms with Crippen LogP contribution in [0.5, 0.6) is 0 Å². The lowest BCUT2D eigenvalue weighted by Gasteiger charge is -2.14. The van der Waals surface area contributed by atoms with Crippen molar-refractivity contribution in [2.75, 3.05) is 10.6 Å². The lowest BCUT2D eigenvalue weighted by molar-refractivity contribution is 0.0992. The van der Waals surface area contributed by atoms with Gasteiger partial charge in [0.15, 0.2) is 0 Å². The molecule has 5 heterocycles. The molecular formula is C38H44N12O4. The summed E-state index contributed by atoms with van der Waals surface area (Å²) in [6, 6.07) is 11.9. The number of amides is 4. The van der Waals surface area contributed by atoms with E-state index in [9.17, 15) is 19.2 Å². The third-order valence-electron chi connectivity index (χ3n) is 10.2. The van der Waals surface area contributed by atoms with Gasteiger partial charge in [0, 0.05) is 42.9 Å². The summed E-state index contributed by atoms with van der Waals surface area (Å²) >= 11 is 0. The molecule has 1 aliphatic heterocycles. The van der Waals surface area contributed by atoms with Gasteiger partial charge in [0.25, 0.3) is 11.8 Å². The maximum atomic E-state index is 14.2. The van der Waals surface area contributed by atoms with E-state index in [0.29, 0.717) is 90.9 Å². The van der Waals surface area contributed by atoms with Crippen LogP contribution in [-0.4, -0.2) is 62.3 Å². The molecule has 4 amide bonds. The number of aromatic nitrogens is 8. The highest BCUT2D eigenvalue weighted by molar-refractivity contribution is 6.05. The van der Waals surface area contributed by atoms with Crippen LogP contribution in [0.3, 0.4) is 0 Å². The Morgan fingerprint density at radius 3 is 1.93 bits per heavy atom. The first-order valence-electron chi connectivity index (χ1n) is 18.2. The first kappa shape index (κ1) is 36.1. The van der Waals surface area contributed by atoms with Crippen LogP contribution < -0.4 is 22.1 Å². The fourth-order valence-electron chi connectivity index (χ4n) is 7.25. The van der Waals surface area contributed by atoms with Gasteiger partial charge in [-0.3, -0.25) is 39.2 Å². The van der Waals surface area contributed by atoms with Crippen molar-refractivity contribution in [1.29, 1.82) is 0 Å². The summed E-state index contributed by atoms with van der Waals surface area (Å²) in [6.07, 6.45) is 3.44. The second-order valence-electron chi connectivity index (χ2n) is 14.0. The monoisotopic (exact) mass is 732 g/mol. The molecule has 4 aromatic heterocycles. The number of imidazole rings is 2. The van der Waals surface area contributed by atoms with Gasteiger partial charge in [-0.05, 0) is 101 Å². The molecule has 0 aliphatic carbocycles. The largest absolute Gasteiger partial charge is 0.366 e. The predicted molar refractivity (Wildman–Crippen MR) is 203 cm³/mol. The smallest absolute Gasteiger partial charge is 0.276 e. The highest BCUT2D eigenvalue weighted by Crippen LogP contribution is 2.27. The van der Waals surface area contributed by atoms with E-state index in [1.807, 2.05) is 29.9 Å². The molecule has 0 radical (unpaired) electrons. The minimum absolute atomic E-state index is 0.229. The number of hydrogen-bond acceptors (Lipinski definition) is 8. The quantitative estimate of drug-likeness (QED) is 0.202. The van der Waals surface area contributed by atoms with E-state index >= 15 is 0 Å². The summed E-state index contributed by atoms with van der Waals surface area (Å²) in [5, 5.41) is 15.4. The number of fused-ring (bicyclic) bond motifs is 8. The summed E-state index contributed by atoms with van der Waals surface area (Å²) in [5.74, 6) is -0.907. The van der Waals surface area contributed by atoms with Crippen LogP contribution in [0.1, 0.15) is 98.2 Å². The van der Waals surface area contributed by atoms with Gasteiger partial charge in [-0.15, -0.1) is 0 Å². The maximum Gasteiger partial charge on any atom is 0.276 e. The molecule has 54 heavy (non-hydrogen) atoms. The number of benzene rings is 2. The minimum atomic E-state index is -0.575. The SMILES string of the molecule is CCn1nc(C)c2c1C(=O)Nc1nc3cc(C(N)=O)ccc3n1CCCCn1c(nc3cc(C(N)=O)ccc31)NC(=O)c1cc(C)nn1CCC(C)CC2. The zero-order valence-corrected chi connectivity index (χ0v) is 30.8. The summed E-state index contributed by atoms with van der Waals surface area (Å²) in [5.41, 5.74) is 17.6. The predicted octanol–water partition coefficient (Wildman–Crippen LogP) is 4.57. The van der Waals surface area contributed by atoms with Gasteiger partial charge in [0.1, 0.15) is 11.4 Å². The molecule has 16 nitrogen and oxygen atoms in total. The Labute approximate surface area is 310 Å². The fourth-order valence-corrected chi connectivity index (χ4v) is 7.25. The van der Waals surface area contributed by atoms with Crippen molar-refractivity contribution >= 4 is 57.6 Å². The van der Waals surface area contributed by atoms with E-state index < -0.39 is 11.8 Å². The van der Waals surface area contributed by atoms with E-state index in [1.165, 1.54) is 0 Å². The van der Waals surface area contributed by atoms with Gasteiger partial charge in [0.2, 0.25) is 23.7 Å². The number of carbonyl (C=O) groups is 4.